The molecular formula is C23H29N5O5. The summed E-state index contributed by atoms with van der Waals surface area (Å²) in [4.78, 5) is 53.3. The molecule has 0 spiro atoms. The van der Waals surface area contributed by atoms with Crippen LogP contribution in [0.4, 0.5) is 0 Å². The number of carbonyl (C=O) groups is 3. The molecule has 1 aromatic heterocycles. The van der Waals surface area contributed by atoms with Gasteiger partial charge in [0.05, 0.1) is 6.54 Å². The molecule has 2 aliphatic rings. The number of hydrogen-bond donors (Lipinski definition) is 1. The Morgan fingerprint density at radius 3 is 2.42 bits per heavy atom. The lowest BCUT2D eigenvalue weighted by Gasteiger charge is -2.30. The number of aryl methyl sites for hydroxylation is 1. The van der Waals surface area contributed by atoms with Gasteiger partial charge in [0.2, 0.25) is 17.6 Å². The maximum atomic E-state index is 12.9. The summed E-state index contributed by atoms with van der Waals surface area (Å²) in [5.74, 6) is -1.68. The van der Waals surface area contributed by atoms with E-state index in [9.17, 15) is 19.2 Å². The van der Waals surface area contributed by atoms with Gasteiger partial charge >= 0.3 is 5.76 Å². The molecule has 10 nitrogen and oxygen atoms in total. The van der Waals surface area contributed by atoms with E-state index in [4.69, 9.17) is 4.42 Å². The van der Waals surface area contributed by atoms with Gasteiger partial charge in [0.25, 0.3) is 5.89 Å². The number of Topliss-reactive ketones (excluding diaryl/α,β-unsaturated/α-hetero) is 1. The summed E-state index contributed by atoms with van der Waals surface area (Å²) >= 11 is 0. The van der Waals surface area contributed by atoms with Crippen LogP contribution in [0.2, 0.25) is 0 Å². The Morgan fingerprint density at radius 2 is 1.82 bits per heavy atom. The molecular weight excluding hydrogens is 426 g/mol. The molecule has 4 rings (SSSR count). The first-order valence-electron chi connectivity index (χ1n) is 11.1. The minimum Gasteiger partial charge on any atom is -0.384 e. The topological polar surface area (TPSA) is 118 Å². The second-order valence-corrected chi connectivity index (χ2v) is 9.34. The van der Waals surface area contributed by atoms with Gasteiger partial charge in [0, 0.05) is 38.6 Å². The zero-order chi connectivity index (χ0) is 23.8. The lowest BCUT2D eigenvalue weighted by molar-refractivity contribution is -0.134. The van der Waals surface area contributed by atoms with Gasteiger partial charge < -0.3 is 19.5 Å². The predicted molar refractivity (Wildman–Crippen MR) is 118 cm³/mol. The van der Waals surface area contributed by atoms with E-state index in [1.54, 1.807) is 0 Å². The molecule has 2 aliphatic heterocycles. The Bertz CT molecular complexity index is 1110. The van der Waals surface area contributed by atoms with E-state index in [-0.39, 0.29) is 30.7 Å². The Hall–Kier alpha value is -3.27. The van der Waals surface area contributed by atoms with Gasteiger partial charge in [-0.05, 0) is 37.8 Å². The Labute approximate surface area is 191 Å². The molecule has 2 amide bonds. The highest BCUT2D eigenvalue weighted by Gasteiger charge is 2.37. The highest BCUT2D eigenvalue weighted by atomic mass is 16.4. The smallest absolute Gasteiger partial charge is 0.384 e. The number of benzene rings is 1. The quantitative estimate of drug-likeness (QED) is 0.615. The third-order valence-corrected chi connectivity index (χ3v) is 6.28. The molecule has 33 heavy (non-hydrogen) atoms. The van der Waals surface area contributed by atoms with Crippen molar-refractivity contribution in [3.05, 3.63) is 51.8 Å². The summed E-state index contributed by atoms with van der Waals surface area (Å²) < 4.78 is 5.85. The van der Waals surface area contributed by atoms with Crippen LogP contribution < -0.4 is 11.1 Å². The van der Waals surface area contributed by atoms with Crippen LogP contribution >= 0.6 is 0 Å². The van der Waals surface area contributed by atoms with Crippen molar-refractivity contribution >= 4 is 17.6 Å². The van der Waals surface area contributed by atoms with Crippen molar-refractivity contribution in [2.24, 2.45) is 7.05 Å². The van der Waals surface area contributed by atoms with E-state index >= 15 is 0 Å². The zero-order valence-corrected chi connectivity index (χ0v) is 19.2. The molecule has 2 aromatic rings. The SMILES string of the molecule is Cn1nc(C(=O)[C@@H]2CCCN2C(=O)CNC(C)(C)CC(=O)N2Cc3ccccc3C2)oc1=O. The Balaban J connectivity index is 1.32. The van der Waals surface area contributed by atoms with Gasteiger partial charge in [0.1, 0.15) is 6.04 Å². The van der Waals surface area contributed by atoms with E-state index in [1.807, 2.05) is 43.0 Å². The van der Waals surface area contributed by atoms with Crippen molar-refractivity contribution in [3.63, 3.8) is 0 Å². The fourth-order valence-corrected chi connectivity index (χ4v) is 4.40. The van der Waals surface area contributed by atoms with Crippen LogP contribution in [0.15, 0.2) is 33.5 Å². The minimum absolute atomic E-state index is 0.00352. The van der Waals surface area contributed by atoms with Crippen LogP contribution in [0.5, 0.6) is 0 Å². The fourth-order valence-electron chi connectivity index (χ4n) is 4.40. The van der Waals surface area contributed by atoms with E-state index in [0.29, 0.717) is 32.5 Å². The molecule has 1 N–H and O–H groups in total. The Morgan fingerprint density at radius 1 is 1.15 bits per heavy atom. The summed E-state index contributed by atoms with van der Waals surface area (Å²) in [6.45, 7) is 5.42. The van der Waals surface area contributed by atoms with Gasteiger partial charge in [-0.15, -0.1) is 5.10 Å². The normalized spacial score (nSPS) is 18.0. The molecule has 0 radical (unpaired) electrons. The highest BCUT2D eigenvalue weighted by Crippen LogP contribution is 2.25. The molecule has 10 heteroatoms. The largest absolute Gasteiger partial charge is 0.437 e. The number of fused-ring (bicyclic) bond motifs is 1. The highest BCUT2D eigenvalue weighted by molar-refractivity contribution is 5.98. The minimum atomic E-state index is -0.719. The number of nitrogens with one attached hydrogen (secondary N) is 1. The van der Waals surface area contributed by atoms with Crippen molar-refractivity contribution in [1.82, 2.24) is 24.9 Å². The molecule has 0 bridgehead atoms. The summed E-state index contributed by atoms with van der Waals surface area (Å²) in [5.41, 5.74) is 1.73. The summed E-state index contributed by atoms with van der Waals surface area (Å²) in [6, 6.07) is 7.32. The van der Waals surface area contributed by atoms with Crippen LogP contribution in [0.25, 0.3) is 0 Å². The first kappa shape index (κ1) is 22.9. The van der Waals surface area contributed by atoms with Crippen molar-refractivity contribution in [1.29, 1.82) is 0 Å². The molecule has 1 aromatic carbocycles. The van der Waals surface area contributed by atoms with Gasteiger partial charge in [-0.1, -0.05) is 24.3 Å². The molecule has 176 valence electrons. The van der Waals surface area contributed by atoms with Gasteiger partial charge in [-0.25, -0.2) is 4.79 Å². The van der Waals surface area contributed by atoms with Crippen molar-refractivity contribution in [2.75, 3.05) is 13.1 Å². The summed E-state index contributed by atoms with van der Waals surface area (Å²) in [5, 5.41) is 6.99. The average molecular weight is 456 g/mol. The van der Waals surface area contributed by atoms with E-state index in [2.05, 4.69) is 10.4 Å². The van der Waals surface area contributed by atoms with Gasteiger partial charge in [-0.3, -0.25) is 14.4 Å². The number of aromatic nitrogens is 2. The van der Waals surface area contributed by atoms with E-state index < -0.39 is 23.1 Å². The first-order chi connectivity index (χ1) is 15.6. The molecule has 0 saturated carbocycles. The standard InChI is InChI=1S/C23H29N5O5/c1-23(2,11-18(29)27-13-15-7-4-5-8-16(15)14-27)24-12-19(30)28-10-6-9-17(28)20(31)21-25-26(3)22(32)33-21/h4-5,7-8,17,24H,6,9-14H2,1-3H3/t17-/m0/s1. The first-order valence-corrected chi connectivity index (χ1v) is 11.1. The fraction of sp³-hybridized carbons (Fsp3) is 0.522. The molecule has 0 unspecified atom stereocenters. The predicted octanol–water partition coefficient (Wildman–Crippen LogP) is 0.848. The van der Waals surface area contributed by atoms with Crippen LogP contribution in [0.3, 0.4) is 0 Å². The van der Waals surface area contributed by atoms with Gasteiger partial charge in [-0.2, -0.15) is 4.68 Å². The monoisotopic (exact) mass is 455 g/mol. The number of ketones is 1. The second-order valence-electron chi connectivity index (χ2n) is 9.34. The van der Waals surface area contributed by atoms with Crippen molar-refractivity contribution < 1.29 is 18.8 Å². The maximum Gasteiger partial charge on any atom is 0.437 e. The third kappa shape index (κ3) is 4.90. The Kier molecular flexibility index (Phi) is 6.20. The number of hydrogen-bond acceptors (Lipinski definition) is 7. The van der Waals surface area contributed by atoms with Gasteiger partial charge in [0.15, 0.2) is 0 Å². The molecule has 1 fully saturated rings. The number of likely N-dealkylation sites (tertiary alicyclic amines) is 1. The molecule has 1 saturated heterocycles. The van der Waals surface area contributed by atoms with Crippen LogP contribution in [-0.2, 0) is 29.7 Å². The summed E-state index contributed by atoms with van der Waals surface area (Å²) in [7, 11) is 1.40. The molecule has 1 atom stereocenters. The average Bonchev–Trinajstić information content (AvgIpc) is 3.50. The van der Waals surface area contributed by atoms with Crippen LogP contribution in [-0.4, -0.2) is 61.8 Å². The molecule has 0 aliphatic carbocycles. The number of rotatable bonds is 7. The number of nitrogens with zero attached hydrogens (tertiary/aromatic N) is 4. The van der Waals surface area contributed by atoms with Crippen molar-refractivity contribution in [3.8, 4) is 0 Å². The van der Waals surface area contributed by atoms with Crippen LogP contribution in [0.1, 0.15) is 54.9 Å². The number of carbonyl (C=O) groups excluding carboxylic acids is 3. The zero-order valence-electron chi connectivity index (χ0n) is 19.2. The number of amides is 2. The van der Waals surface area contributed by atoms with E-state index in [0.717, 1.165) is 4.68 Å². The third-order valence-electron chi connectivity index (χ3n) is 6.28. The molecule has 3 heterocycles. The van der Waals surface area contributed by atoms with Crippen molar-refractivity contribution in [2.45, 2.75) is 57.8 Å². The van der Waals surface area contributed by atoms with E-state index in [1.165, 1.54) is 23.1 Å². The lowest BCUT2D eigenvalue weighted by atomic mass is 9.99. The summed E-state index contributed by atoms with van der Waals surface area (Å²) in [6.07, 6.45) is 1.41. The van der Waals surface area contributed by atoms with Crippen LogP contribution in [0, 0.1) is 0 Å². The second kappa shape index (κ2) is 8.93. The maximum absolute atomic E-state index is 12.9. The lowest BCUT2D eigenvalue weighted by Crippen LogP contribution is -2.50.